The van der Waals surface area contributed by atoms with Crippen molar-refractivity contribution in [2.24, 2.45) is 0 Å². The third-order valence-corrected chi connectivity index (χ3v) is 7.90. The molecule has 0 bridgehead atoms. The highest BCUT2D eigenvalue weighted by atomic mass is 32.2. The molecule has 0 atom stereocenters. The van der Waals surface area contributed by atoms with Gasteiger partial charge in [-0.3, -0.25) is 19.1 Å². The van der Waals surface area contributed by atoms with Crippen LogP contribution in [0.5, 0.6) is 0 Å². The second-order valence-corrected chi connectivity index (χ2v) is 9.96. The van der Waals surface area contributed by atoms with E-state index in [-0.39, 0.29) is 17.1 Å². The van der Waals surface area contributed by atoms with Gasteiger partial charge < -0.3 is 4.57 Å². The fraction of sp³-hybridized carbons (Fsp3) is 0.333. The fourth-order valence-electron chi connectivity index (χ4n) is 3.99. The number of carbonyl (C=O) groups excluding carboxylic acids is 1. The molecular formula is C24H26N4O2S2. The molecule has 0 aliphatic rings. The van der Waals surface area contributed by atoms with Crippen molar-refractivity contribution in [3.63, 3.8) is 0 Å². The molecule has 0 unspecified atom stereocenters. The molecule has 166 valence electrons. The van der Waals surface area contributed by atoms with Gasteiger partial charge in [-0.2, -0.15) is 0 Å². The summed E-state index contributed by atoms with van der Waals surface area (Å²) in [7, 11) is 0. The number of fused-ring (bicyclic) bond motifs is 1. The summed E-state index contributed by atoms with van der Waals surface area (Å²) >= 11 is 2.84. The first-order valence-electron chi connectivity index (χ1n) is 10.5. The number of hydrogen-bond donors (Lipinski definition) is 0. The molecule has 0 fully saturated rings. The molecule has 4 aromatic rings. The minimum atomic E-state index is -0.0818. The number of nitrogens with zero attached hydrogens (tertiary/aromatic N) is 4. The lowest BCUT2D eigenvalue weighted by molar-refractivity contribution is 0.102. The number of pyridine rings is 1. The van der Waals surface area contributed by atoms with Crippen LogP contribution in [-0.2, 0) is 13.1 Å². The molecule has 4 heterocycles. The molecule has 0 aliphatic carbocycles. The molecule has 0 aliphatic heterocycles. The van der Waals surface area contributed by atoms with Crippen LogP contribution in [0, 0.1) is 27.7 Å². The van der Waals surface area contributed by atoms with E-state index in [2.05, 4.69) is 16.5 Å². The normalized spacial score (nSPS) is 11.4. The maximum Gasteiger partial charge on any atom is 0.263 e. The van der Waals surface area contributed by atoms with Gasteiger partial charge in [0, 0.05) is 34.6 Å². The van der Waals surface area contributed by atoms with Crippen molar-refractivity contribution in [3.8, 4) is 0 Å². The van der Waals surface area contributed by atoms with Crippen molar-refractivity contribution in [2.45, 2.75) is 52.9 Å². The largest absolute Gasteiger partial charge is 0.349 e. The van der Waals surface area contributed by atoms with Gasteiger partial charge in [-0.1, -0.05) is 17.8 Å². The van der Waals surface area contributed by atoms with E-state index in [1.165, 1.54) is 23.1 Å². The smallest absolute Gasteiger partial charge is 0.263 e. The van der Waals surface area contributed by atoms with Gasteiger partial charge in [-0.25, -0.2) is 4.98 Å². The topological polar surface area (TPSA) is 69.8 Å². The summed E-state index contributed by atoms with van der Waals surface area (Å²) < 4.78 is 3.79. The van der Waals surface area contributed by atoms with Gasteiger partial charge in [0.1, 0.15) is 4.83 Å². The zero-order chi connectivity index (χ0) is 23.0. The third-order valence-electron chi connectivity index (χ3n) is 5.82. The highest BCUT2D eigenvalue weighted by Gasteiger charge is 2.20. The number of carbonyl (C=O) groups is 1. The molecule has 0 saturated heterocycles. The minimum absolute atomic E-state index is 0.0417. The Bertz CT molecular complexity index is 1370. The molecular weight excluding hydrogens is 440 g/mol. The van der Waals surface area contributed by atoms with E-state index >= 15 is 0 Å². The van der Waals surface area contributed by atoms with Crippen LogP contribution in [0.1, 0.15) is 44.8 Å². The van der Waals surface area contributed by atoms with E-state index in [4.69, 9.17) is 4.98 Å². The first-order valence-corrected chi connectivity index (χ1v) is 12.3. The van der Waals surface area contributed by atoms with Gasteiger partial charge >= 0.3 is 0 Å². The van der Waals surface area contributed by atoms with Crippen LogP contribution < -0.4 is 5.56 Å². The van der Waals surface area contributed by atoms with Crippen LogP contribution >= 0.6 is 23.1 Å². The number of thiophene rings is 1. The van der Waals surface area contributed by atoms with Crippen molar-refractivity contribution in [2.75, 3.05) is 5.75 Å². The van der Waals surface area contributed by atoms with Crippen LogP contribution in [0.2, 0.25) is 0 Å². The zero-order valence-corrected chi connectivity index (χ0v) is 20.6. The number of Topliss-reactive ketones (excluding diaryl/α,β-unsaturated/α-hetero) is 1. The minimum Gasteiger partial charge on any atom is -0.349 e. The summed E-state index contributed by atoms with van der Waals surface area (Å²) in [6, 6.07) is 7.59. The maximum atomic E-state index is 13.4. The Kier molecular flexibility index (Phi) is 6.35. The third kappa shape index (κ3) is 4.04. The van der Waals surface area contributed by atoms with E-state index in [1.807, 2.05) is 52.0 Å². The quantitative estimate of drug-likeness (QED) is 0.219. The first-order chi connectivity index (χ1) is 15.3. The van der Waals surface area contributed by atoms with Gasteiger partial charge in [0.05, 0.1) is 23.4 Å². The Hall–Kier alpha value is -2.71. The Morgan fingerprint density at radius 1 is 1.16 bits per heavy atom. The van der Waals surface area contributed by atoms with E-state index in [9.17, 15) is 9.59 Å². The van der Waals surface area contributed by atoms with Gasteiger partial charge in [0.15, 0.2) is 10.9 Å². The predicted octanol–water partition coefficient (Wildman–Crippen LogP) is 4.93. The summed E-state index contributed by atoms with van der Waals surface area (Å²) in [4.78, 5) is 37.5. The van der Waals surface area contributed by atoms with Gasteiger partial charge in [0.25, 0.3) is 5.56 Å². The molecule has 0 radical (unpaired) electrons. The van der Waals surface area contributed by atoms with Crippen molar-refractivity contribution in [3.05, 3.63) is 73.9 Å². The van der Waals surface area contributed by atoms with Gasteiger partial charge in [-0.15, -0.1) is 11.3 Å². The standard InChI is InChI=1S/C24H26N4O2S2/c1-6-27-14(2)11-19(16(27)4)20(29)13-31-24-26-22-21(15(3)17(5)32-22)23(30)28(24)12-18-9-7-8-10-25-18/h7-11H,6,12-13H2,1-5H3. The zero-order valence-electron chi connectivity index (χ0n) is 18.9. The van der Waals surface area contributed by atoms with Gasteiger partial charge in [0.2, 0.25) is 0 Å². The number of aryl methyl sites for hydroxylation is 3. The van der Waals surface area contributed by atoms with Crippen LogP contribution in [0.25, 0.3) is 10.2 Å². The maximum absolute atomic E-state index is 13.4. The fourth-order valence-corrected chi connectivity index (χ4v) is 5.94. The molecule has 4 rings (SSSR count). The van der Waals surface area contributed by atoms with Crippen molar-refractivity contribution in [1.29, 1.82) is 0 Å². The summed E-state index contributed by atoms with van der Waals surface area (Å²) in [5.74, 6) is 0.261. The highest BCUT2D eigenvalue weighted by Crippen LogP contribution is 2.29. The molecule has 0 aromatic carbocycles. The Morgan fingerprint density at radius 3 is 2.59 bits per heavy atom. The second-order valence-electron chi connectivity index (χ2n) is 7.81. The van der Waals surface area contributed by atoms with E-state index in [0.717, 1.165) is 44.5 Å². The molecule has 0 saturated carbocycles. The number of aromatic nitrogens is 4. The molecule has 4 aromatic heterocycles. The second kappa shape index (κ2) is 9.03. The lowest BCUT2D eigenvalue weighted by atomic mass is 10.2. The number of thioether (sulfide) groups is 1. The lowest BCUT2D eigenvalue weighted by Gasteiger charge is -2.12. The molecule has 32 heavy (non-hydrogen) atoms. The van der Waals surface area contributed by atoms with Crippen LogP contribution in [0.15, 0.2) is 40.4 Å². The molecule has 0 amide bonds. The van der Waals surface area contributed by atoms with E-state index in [0.29, 0.717) is 17.1 Å². The van der Waals surface area contributed by atoms with Crippen molar-refractivity contribution < 1.29 is 4.79 Å². The van der Waals surface area contributed by atoms with Crippen LogP contribution in [0.3, 0.4) is 0 Å². The highest BCUT2D eigenvalue weighted by molar-refractivity contribution is 7.99. The number of rotatable bonds is 7. The average molecular weight is 467 g/mol. The Balaban J connectivity index is 1.72. The van der Waals surface area contributed by atoms with Crippen molar-refractivity contribution >= 4 is 39.1 Å². The molecule has 6 nitrogen and oxygen atoms in total. The predicted molar refractivity (Wildman–Crippen MR) is 131 cm³/mol. The molecule has 0 N–H and O–H groups in total. The van der Waals surface area contributed by atoms with Crippen LogP contribution in [0.4, 0.5) is 0 Å². The van der Waals surface area contributed by atoms with Crippen molar-refractivity contribution in [1.82, 2.24) is 19.1 Å². The van der Waals surface area contributed by atoms with Gasteiger partial charge in [-0.05, 0) is 58.4 Å². The Morgan fingerprint density at radius 2 is 1.94 bits per heavy atom. The summed E-state index contributed by atoms with van der Waals surface area (Å²) in [5.41, 5.74) is 4.46. The van der Waals surface area contributed by atoms with E-state index in [1.54, 1.807) is 10.8 Å². The SMILES string of the molecule is CCn1c(C)cc(C(=O)CSc2nc3sc(C)c(C)c3c(=O)n2Cc2ccccn2)c1C. The lowest BCUT2D eigenvalue weighted by Crippen LogP contribution is -2.24. The Labute approximate surface area is 195 Å². The number of hydrogen-bond acceptors (Lipinski definition) is 6. The molecule has 8 heteroatoms. The summed E-state index contributed by atoms with van der Waals surface area (Å²) in [5, 5.41) is 1.21. The average Bonchev–Trinajstić information content (AvgIpc) is 3.23. The molecule has 0 spiro atoms. The summed E-state index contributed by atoms with van der Waals surface area (Å²) in [6.07, 6.45) is 1.71. The first kappa shape index (κ1) is 22.5. The monoisotopic (exact) mass is 466 g/mol. The summed E-state index contributed by atoms with van der Waals surface area (Å²) in [6.45, 7) is 11.2. The number of ketones is 1. The van der Waals surface area contributed by atoms with Crippen LogP contribution in [-0.4, -0.2) is 30.6 Å². The van der Waals surface area contributed by atoms with E-state index < -0.39 is 0 Å².